The Hall–Kier alpha value is -1.59. The highest BCUT2D eigenvalue weighted by molar-refractivity contribution is 6.01. The fourth-order valence-corrected chi connectivity index (χ4v) is 0.968. The van der Waals surface area contributed by atoms with Gasteiger partial charge in [-0.25, -0.2) is 10.1 Å². The van der Waals surface area contributed by atoms with Crippen LogP contribution >= 0.6 is 0 Å². The van der Waals surface area contributed by atoms with Crippen molar-refractivity contribution in [2.45, 2.75) is 26.2 Å². The molecule has 6 heteroatoms. The van der Waals surface area contributed by atoms with Crippen molar-refractivity contribution < 1.29 is 19.2 Å². The van der Waals surface area contributed by atoms with E-state index in [0.717, 1.165) is 0 Å². The molecule has 1 heterocycles. The summed E-state index contributed by atoms with van der Waals surface area (Å²) >= 11 is 0. The number of carbonyl (C=O) groups excluding carboxylic acids is 3. The van der Waals surface area contributed by atoms with Gasteiger partial charge in [0.15, 0.2) is 0 Å². The third-order valence-electron chi connectivity index (χ3n) is 1.64. The van der Waals surface area contributed by atoms with Gasteiger partial charge in [0, 0.05) is 19.4 Å². The molecule has 0 aromatic carbocycles. The van der Waals surface area contributed by atoms with Crippen molar-refractivity contribution in [2.24, 2.45) is 0 Å². The first-order chi connectivity index (χ1) is 6.65. The maximum Gasteiger partial charge on any atom is 0.453 e. The third-order valence-corrected chi connectivity index (χ3v) is 1.64. The predicted molar refractivity (Wildman–Crippen MR) is 44.9 cm³/mol. The van der Waals surface area contributed by atoms with E-state index in [4.69, 9.17) is 0 Å². The molecule has 0 spiro atoms. The van der Waals surface area contributed by atoms with E-state index in [-0.39, 0.29) is 12.8 Å². The minimum atomic E-state index is -0.893. The summed E-state index contributed by atoms with van der Waals surface area (Å²) in [7, 11) is 0. The first-order valence-corrected chi connectivity index (χ1v) is 4.40. The molecule has 1 fully saturated rings. The van der Waals surface area contributed by atoms with Gasteiger partial charge in [0.05, 0.1) is 0 Å². The van der Waals surface area contributed by atoms with E-state index in [1.807, 2.05) is 6.92 Å². The van der Waals surface area contributed by atoms with E-state index in [2.05, 4.69) is 10.2 Å². The first-order valence-electron chi connectivity index (χ1n) is 4.40. The predicted octanol–water partition coefficient (Wildman–Crippen LogP) is 0.201. The summed E-state index contributed by atoms with van der Waals surface area (Å²) in [6.07, 6.45) is 0.00648. The van der Waals surface area contributed by atoms with Crippen molar-refractivity contribution >= 4 is 17.9 Å². The van der Waals surface area contributed by atoms with Gasteiger partial charge in [0.2, 0.25) is 0 Å². The molecule has 77 valence electrons. The van der Waals surface area contributed by atoms with E-state index >= 15 is 0 Å². The molecule has 14 heavy (non-hydrogen) atoms. The monoisotopic (exact) mass is 199 g/mol. The standard InChI is InChI=1S/C8H11N2O4/c1-2-5-9-8(13)14-10-6(11)3-4-7(10)12/h2-5H2,1H3. The average Bonchev–Trinajstić information content (AvgIpc) is 2.46. The van der Waals surface area contributed by atoms with Crippen molar-refractivity contribution in [1.82, 2.24) is 10.4 Å². The molecule has 1 saturated heterocycles. The number of amides is 3. The molecule has 1 aliphatic heterocycles. The van der Waals surface area contributed by atoms with Crippen molar-refractivity contribution in [2.75, 3.05) is 6.54 Å². The quantitative estimate of drug-likeness (QED) is 0.608. The molecule has 0 atom stereocenters. The van der Waals surface area contributed by atoms with Gasteiger partial charge in [-0.15, -0.1) is 5.06 Å². The van der Waals surface area contributed by atoms with Crippen LogP contribution in [0.15, 0.2) is 0 Å². The van der Waals surface area contributed by atoms with Gasteiger partial charge in [-0.2, -0.15) is 0 Å². The molecule has 0 aliphatic carbocycles. The van der Waals surface area contributed by atoms with Crippen LogP contribution in [0.3, 0.4) is 0 Å². The van der Waals surface area contributed by atoms with E-state index in [1.54, 1.807) is 0 Å². The fraction of sp³-hybridized carbons (Fsp3) is 0.625. The SMILES string of the molecule is CCC[N]C(=O)ON1C(=O)CCC1=O. The molecule has 0 bridgehead atoms. The van der Waals surface area contributed by atoms with E-state index in [9.17, 15) is 14.4 Å². The fourth-order valence-electron chi connectivity index (χ4n) is 0.968. The number of hydroxylamine groups is 2. The zero-order valence-corrected chi connectivity index (χ0v) is 7.86. The molecule has 0 aromatic heterocycles. The molecular weight excluding hydrogens is 188 g/mol. The Kier molecular flexibility index (Phi) is 3.44. The molecule has 1 radical (unpaired) electrons. The van der Waals surface area contributed by atoms with Crippen LogP contribution in [-0.4, -0.2) is 29.5 Å². The van der Waals surface area contributed by atoms with Crippen LogP contribution in [0.2, 0.25) is 0 Å². The minimum Gasteiger partial charge on any atom is -0.309 e. The minimum absolute atomic E-state index is 0.0971. The average molecular weight is 199 g/mol. The lowest BCUT2D eigenvalue weighted by molar-refractivity contribution is -0.171. The van der Waals surface area contributed by atoms with Crippen LogP contribution in [0.5, 0.6) is 0 Å². The lowest BCUT2D eigenvalue weighted by Gasteiger charge is -2.11. The molecule has 0 N–H and O–H groups in total. The third kappa shape index (κ3) is 2.45. The Morgan fingerprint density at radius 3 is 2.50 bits per heavy atom. The van der Waals surface area contributed by atoms with E-state index in [1.165, 1.54) is 0 Å². The topological polar surface area (TPSA) is 77.8 Å². The van der Waals surface area contributed by atoms with Crippen molar-refractivity contribution in [3.05, 3.63) is 0 Å². The largest absolute Gasteiger partial charge is 0.453 e. The summed E-state index contributed by atoms with van der Waals surface area (Å²) in [5, 5.41) is 3.96. The molecule has 3 amide bonds. The van der Waals surface area contributed by atoms with Crippen LogP contribution in [-0.2, 0) is 14.4 Å². The lowest BCUT2D eigenvalue weighted by atomic mass is 10.4. The summed E-state index contributed by atoms with van der Waals surface area (Å²) in [6.45, 7) is 2.18. The maximum atomic E-state index is 11.0. The van der Waals surface area contributed by atoms with Gasteiger partial charge >= 0.3 is 6.09 Å². The molecule has 0 saturated carbocycles. The Morgan fingerprint density at radius 1 is 1.43 bits per heavy atom. The summed E-state index contributed by atoms with van der Waals surface area (Å²) in [4.78, 5) is 37.3. The van der Waals surface area contributed by atoms with Gasteiger partial charge < -0.3 is 4.84 Å². The van der Waals surface area contributed by atoms with E-state index < -0.39 is 17.9 Å². The highest BCUT2D eigenvalue weighted by Gasteiger charge is 2.32. The smallest absolute Gasteiger partial charge is 0.309 e. The molecular formula is C8H11N2O4. The highest BCUT2D eigenvalue weighted by atomic mass is 16.7. The molecule has 0 aromatic rings. The maximum absolute atomic E-state index is 11.0. The zero-order valence-electron chi connectivity index (χ0n) is 7.86. The normalized spacial score (nSPS) is 15.9. The van der Waals surface area contributed by atoms with Crippen LogP contribution in [0.1, 0.15) is 26.2 Å². The van der Waals surface area contributed by atoms with Crippen LogP contribution in [0.4, 0.5) is 4.79 Å². The first kappa shape index (κ1) is 10.5. The second-order valence-corrected chi connectivity index (χ2v) is 2.82. The van der Waals surface area contributed by atoms with Crippen LogP contribution in [0.25, 0.3) is 0 Å². The Bertz CT molecular complexity index is 248. The van der Waals surface area contributed by atoms with Gasteiger partial charge in [-0.3, -0.25) is 9.59 Å². The second kappa shape index (κ2) is 4.59. The molecule has 6 nitrogen and oxygen atoms in total. The number of hydrogen-bond donors (Lipinski definition) is 0. The summed E-state index contributed by atoms with van der Waals surface area (Å²) in [6, 6.07) is 0. The molecule has 1 rings (SSSR count). The van der Waals surface area contributed by atoms with Gasteiger partial charge in [-0.05, 0) is 6.42 Å². The van der Waals surface area contributed by atoms with Gasteiger partial charge in [0.1, 0.15) is 0 Å². The summed E-state index contributed by atoms with van der Waals surface area (Å²) in [5.74, 6) is -0.981. The van der Waals surface area contributed by atoms with Crippen LogP contribution < -0.4 is 5.32 Å². The Morgan fingerprint density at radius 2 is 2.00 bits per heavy atom. The number of nitrogens with zero attached hydrogens (tertiary/aromatic N) is 2. The lowest BCUT2D eigenvalue weighted by Crippen LogP contribution is -2.34. The molecule has 1 aliphatic rings. The number of imide groups is 1. The zero-order chi connectivity index (χ0) is 10.6. The second-order valence-electron chi connectivity index (χ2n) is 2.82. The van der Waals surface area contributed by atoms with E-state index in [0.29, 0.717) is 18.0 Å². The van der Waals surface area contributed by atoms with Crippen molar-refractivity contribution in [3.63, 3.8) is 0 Å². The van der Waals surface area contributed by atoms with Crippen molar-refractivity contribution in [1.29, 1.82) is 0 Å². The van der Waals surface area contributed by atoms with Gasteiger partial charge in [0.25, 0.3) is 11.8 Å². The van der Waals surface area contributed by atoms with Crippen molar-refractivity contribution in [3.8, 4) is 0 Å². The number of carbonyl (C=O) groups is 3. The Labute approximate surface area is 81.1 Å². The Balaban J connectivity index is 2.39. The number of rotatable bonds is 3. The summed E-state index contributed by atoms with van der Waals surface area (Å²) < 4.78 is 0. The van der Waals surface area contributed by atoms with Gasteiger partial charge in [-0.1, -0.05) is 6.92 Å². The number of hydrogen-bond acceptors (Lipinski definition) is 4. The highest BCUT2D eigenvalue weighted by Crippen LogP contribution is 2.11. The van der Waals surface area contributed by atoms with Crippen LogP contribution in [0, 0.1) is 0 Å². The molecule has 0 unspecified atom stereocenters. The summed E-state index contributed by atoms with van der Waals surface area (Å²) in [5.41, 5.74) is 0.